The number of carbonyl (C=O) groups excluding carboxylic acids is 1. The molecule has 0 amide bonds. The van der Waals surface area contributed by atoms with Gasteiger partial charge in [0.25, 0.3) is 0 Å². The first-order chi connectivity index (χ1) is 6.89. The number of ether oxygens (including phenoxy) is 2. The normalized spacial score (nSPS) is 24.5. The summed E-state index contributed by atoms with van der Waals surface area (Å²) < 4.78 is 10.4. The number of esters is 1. The van der Waals surface area contributed by atoms with E-state index in [0.29, 0.717) is 12.0 Å². The number of carbonyl (C=O) groups is 1. The highest BCUT2D eigenvalue weighted by Crippen LogP contribution is 2.37. The fraction of sp³-hybridized carbons (Fsp3) is 0.909. The van der Waals surface area contributed by atoms with Crippen LogP contribution in [0.25, 0.3) is 0 Å². The maximum atomic E-state index is 11.5. The molecular formula is C11H19NO3. The van der Waals surface area contributed by atoms with Crippen LogP contribution in [-0.4, -0.2) is 49.3 Å². The van der Waals surface area contributed by atoms with Gasteiger partial charge in [0, 0.05) is 18.5 Å². The summed E-state index contributed by atoms with van der Waals surface area (Å²) in [6.45, 7) is 9.76. The van der Waals surface area contributed by atoms with Crippen molar-refractivity contribution in [1.82, 2.24) is 4.90 Å². The van der Waals surface area contributed by atoms with Crippen LogP contribution < -0.4 is 0 Å². The van der Waals surface area contributed by atoms with E-state index in [2.05, 4.69) is 4.90 Å². The highest BCUT2D eigenvalue weighted by Gasteiger charge is 2.49. The summed E-state index contributed by atoms with van der Waals surface area (Å²) >= 11 is 0. The summed E-state index contributed by atoms with van der Waals surface area (Å²) in [7, 11) is 0. The van der Waals surface area contributed by atoms with Crippen molar-refractivity contribution in [2.45, 2.75) is 26.4 Å². The van der Waals surface area contributed by atoms with Crippen molar-refractivity contribution in [3.8, 4) is 0 Å². The third kappa shape index (κ3) is 2.49. The van der Waals surface area contributed by atoms with Gasteiger partial charge in [-0.25, -0.2) is 0 Å². The molecule has 0 bridgehead atoms. The minimum Gasteiger partial charge on any atom is -0.459 e. The fourth-order valence-electron chi connectivity index (χ4n) is 2.14. The highest BCUT2D eigenvalue weighted by molar-refractivity contribution is 5.72. The molecule has 0 N–H and O–H groups in total. The Bertz CT molecular complexity index is 257. The number of hydrogen-bond acceptors (Lipinski definition) is 4. The van der Waals surface area contributed by atoms with Crippen molar-refractivity contribution in [3.63, 3.8) is 0 Å². The lowest BCUT2D eigenvalue weighted by Gasteiger charge is -2.54. The van der Waals surface area contributed by atoms with E-state index in [1.165, 1.54) is 0 Å². The molecular weight excluding hydrogens is 194 g/mol. The molecule has 2 aliphatic heterocycles. The second-order valence-electron chi connectivity index (χ2n) is 5.72. The predicted octanol–water partition coefficient (Wildman–Crippen LogP) is 0.660. The third-order valence-corrected chi connectivity index (χ3v) is 2.71. The van der Waals surface area contributed by atoms with Crippen LogP contribution in [0.2, 0.25) is 0 Å². The van der Waals surface area contributed by atoms with E-state index in [1.54, 1.807) is 0 Å². The number of nitrogens with zero attached hydrogens (tertiary/aromatic N) is 1. The summed E-state index contributed by atoms with van der Waals surface area (Å²) in [5, 5.41) is 0. The van der Waals surface area contributed by atoms with E-state index in [9.17, 15) is 4.79 Å². The van der Waals surface area contributed by atoms with Gasteiger partial charge >= 0.3 is 5.97 Å². The molecule has 4 heteroatoms. The minimum atomic E-state index is -0.376. The van der Waals surface area contributed by atoms with Gasteiger partial charge in [-0.1, -0.05) is 0 Å². The average molecular weight is 213 g/mol. The van der Waals surface area contributed by atoms with Crippen LogP contribution in [0, 0.1) is 5.41 Å². The Morgan fingerprint density at radius 3 is 2.40 bits per heavy atom. The Morgan fingerprint density at radius 1 is 1.40 bits per heavy atom. The topological polar surface area (TPSA) is 38.8 Å². The Kier molecular flexibility index (Phi) is 2.51. The lowest BCUT2D eigenvalue weighted by Crippen LogP contribution is -2.66. The molecule has 4 nitrogen and oxygen atoms in total. The second-order valence-corrected chi connectivity index (χ2v) is 5.72. The minimum absolute atomic E-state index is 0.127. The zero-order chi connectivity index (χ0) is 11.1. The third-order valence-electron chi connectivity index (χ3n) is 2.71. The molecule has 0 unspecified atom stereocenters. The van der Waals surface area contributed by atoms with Crippen LogP contribution in [0.15, 0.2) is 0 Å². The molecule has 2 rings (SSSR count). The molecule has 2 heterocycles. The van der Waals surface area contributed by atoms with Gasteiger partial charge in [-0.3, -0.25) is 9.69 Å². The first kappa shape index (κ1) is 10.9. The Labute approximate surface area is 90.5 Å². The number of likely N-dealkylation sites (tertiary alicyclic amines) is 1. The van der Waals surface area contributed by atoms with Gasteiger partial charge < -0.3 is 9.47 Å². The molecule has 15 heavy (non-hydrogen) atoms. The smallest absolute Gasteiger partial charge is 0.320 e. The SMILES string of the molecule is CC(C)(C)OC(=O)CN1CC2(COC2)C1. The summed E-state index contributed by atoms with van der Waals surface area (Å²) in [5.41, 5.74) is 0.00122. The molecule has 0 radical (unpaired) electrons. The van der Waals surface area contributed by atoms with Crippen molar-refractivity contribution in [2.24, 2.45) is 5.41 Å². The summed E-state index contributed by atoms with van der Waals surface area (Å²) in [5.74, 6) is -0.127. The molecule has 0 aliphatic carbocycles. The monoisotopic (exact) mass is 213 g/mol. The van der Waals surface area contributed by atoms with E-state index in [1.807, 2.05) is 20.8 Å². The average Bonchev–Trinajstić information content (AvgIpc) is 1.87. The number of hydrogen-bond donors (Lipinski definition) is 0. The molecule has 1 spiro atoms. The zero-order valence-corrected chi connectivity index (χ0v) is 9.71. The van der Waals surface area contributed by atoms with Gasteiger partial charge in [-0.15, -0.1) is 0 Å². The first-order valence-corrected chi connectivity index (χ1v) is 5.41. The van der Waals surface area contributed by atoms with E-state index in [-0.39, 0.29) is 11.6 Å². The Balaban J connectivity index is 1.68. The predicted molar refractivity (Wildman–Crippen MR) is 55.5 cm³/mol. The molecule has 0 atom stereocenters. The van der Waals surface area contributed by atoms with Crippen LogP contribution in [0.4, 0.5) is 0 Å². The van der Waals surface area contributed by atoms with E-state index >= 15 is 0 Å². The number of rotatable bonds is 2. The summed E-state index contributed by atoms with van der Waals surface area (Å²) in [6.07, 6.45) is 0. The molecule has 86 valence electrons. The fourth-order valence-corrected chi connectivity index (χ4v) is 2.14. The van der Waals surface area contributed by atoms with Crippen molar-refractivity contribution in [3.05, 3.63) is 0 Å². The first-order valence-electron chi connectivity index (χ1n) is 5.41. The summed E-state index contributed by atoms with van der Waals surface area (Å²) in [4.78, 5) is 13.6. The molecule has 2 fully saturated rings. The Morgan fingerprint density at radius 2 is 2.00 bits per heavy atom. The molecule has 0 aromatic carbocycles. The van der Waals surface area contributed by atoms with E-state index in [0.717, 1.165) is 26.3 Å². The van der Waals surface area contributed by atoms with Crippen molar-refractivity contribution in [1.29, 1.82) is 0 Å². The molecule has 2 saturated heterocycles. The van der Waals surface area contributed by atoms with Gasteiger partial charge in [-0.05, 0) is 20.8 Å². The summed E-state index contributed by atoms with van der Waals surface area (Å²) in [6, 6.07) is 0. The van der Waals surface area contributed by atoms with Gasteiger partial charge in [0.05, 0.1) is 19.8 Å². The largest absolute Gasteiger partial charge is 0.459 e. The van der Waals surface area contributed by atoms with Gasteiger partial charge in [0.15, 0.2) is 0 Å². The lowest BCUT2D eigenvalue weighted by atomic mass is 9.78. The van der Waals surface area contributed by atoms with Crippen molar-refractivity contribution >= 4 is 5.97 Å². The van der Waals surface area contributed by atoms with Gasteiger partial charge in [0.2, 0.25) is 0 Å². The van der Waals surface area contributed by atoms with Crippen LogP contribution in [0.1, 0.15) is 20.8 Å². The van der Waals surface area contributed by atoms with Crippen LogP contribution in [0.5, 0.6) is 0 Å². The quantitative estimate of drug-likeness (QED) is 0.632. The van der Waals surface area contributed by atoms with E-state index < -0.39 is 0 Å². The molecule has 0 aromatic rings. The van der Waals surface area contributed by atoms with Crippen LogP contribution in [0.3, 0.4) is 0 Å². The second kappa shape index (κ2) is 3.46. The maximum absolute atomic E-state index is 11.5. The van der Waals surface area contributed by atoms with Crippen LogP contribution >= 0.6 is 0 Å². The van der Waals surface area contributed by atoms with Gasteiger partial charge in [-0.2, -0.15) is 0 Å². The molecule has 0 aromatic heterocycles. The van der Waals surface area contributed by atoms with Crippen LogP contribution in [-0.2, 0) is 14.3 Å². The van der Waals surface area contributed by atoms with Gasteiger partial charge in [0.1, 0.15) is 5.60 Å². The standard InChI is InChI=1S/C11H19NO3/c1-10(2,3)15-9(13)4-12-5-11(6-12)7-14-8-11/h4-8H2,1-3H3. The molecule has 0 saturated carbocycles. The van der Waals surface area contributed by atoms with Crippen molar-refractivity contribution < 1.29 is 14.3 Å². The lowest BCUT2D eigenvalue weighted by molar-refractivity contribution is -0.195. The molecule has 2 aliphatic rings. The van der Waals surface area contributed by atoms with Crippen molar-refractivity contribution in [2.75, 3.05) is 32.8 Å². The Hall–Kier alpha value is -0.610. The zero-order valence-electron chi connectivity index (χ0n) is 9.71. The van der Waals surface area contributed by atoms with E-state index in [4.69, 9.17) is 9.47 Å². The maximum Gasteiger partial charge on any atom is 0.320 e. The highest BCUT2D eigenvalue weighted by atomic mass is 16.6.